The van der Waals surface area contributed by atoms with Gasteiger partial charge in [-0.25, -0.2) is 4.98 Å². The lowest BCUT2D eigenvalue weighted by atomic mass is 10.3. The first-order valence-electron chi connectivity index (χ1n) is 3.48. The molecule has 1 aromatic rings. The van der Waals surface area contributed by atoms with Crippen LogP contribution >= 0.6 is 0 Å². The quantitative estimate of drug-likeness (QED) is 0.767. The molecule has 4 nitrogen and oxygen atoms in total. The molecule has 2 N–H and O–H groups in total. The number of alkyl halides is 3. The summed E-state index contributed by atoms with van der Waals surface area (Å²) in [5.41, 5.74) is -0.272. The first kappa shape index (κ1) is 10.6. The van der Waals surface area contributed by atoms with Crippen LogP contribution in [0.4, 0.5) is 13.2 Å². The van der Waals surface area contributed by atoms with E-state index < -0.39 is 18.8 Å². The van der Waals surface area contributed by atoms with Gasteiger partial charge in [-0.2, -0.15) is 0 Å². The highest BCUT2D eigenvalue weighted by Crippen LogP contribution is 2.24. The molecule has 14 heavy (non-hydrogen) atoms. The van der Waals surface area contributed by atoms with Gasteiger partial charge in [0.15, 0.2) is 0 Å². The third-order valence-electron chi connectivity index (χ3n) is 1.29. The number of aliphatic hydroxyl groups is 1. The number of hydrogen-bond acceptors (Lipinski definition) is 4. The van der Waals surface area contributed by atoms with Crippen molar-refractivity contribution in [3.63, 3.8) is 0 Å². The average molecular weight is 209 g/mol. The monoisotopic (exact) mass is 209 g/mol. The van der Waals surface area contributed by atoms with Crippen molar-refractivity contribution in [2.24, 2.45) is 0 Å². The topological polar surface area (TPSA) is 62.6 Å². The molecule has 1 rings (SSSR count). The number of hydrogen-bond donors (Lipinski definition) is 2. The number of halogens is 3. The number of ether oxygens (including phenoxy) is 1. The van der Waals surface area contributed by atoms with E-state index in [0.29, 0.717) is 0 Å². The Balaban J connectivity index is 2.90. The third-order valence-corrected chi connectivity index (χ3v) is 1.29. The molecule has 0 fully saturated rings. The highest BCUT2D eigenvalue weighted by Gasteiger charge is 2.31. The minimum Gasteiger partial charge on any atom is -0.506 e. The fourth-order valence-electron chi connectivity index (χ4n) is 0.766. The number of aliphatic hydroxyl groups excluding tert-OH is 1. The van der Waals surface area contributed by atoms with Crippen molar-refractivity contribution < 1.29 is 28.1 Å². The van der Waals surface area contributed by atoms with Crippen molar-refractivity contribution >= 4 is 0 Å². The van der Waals surface area contributed by atoms with Crippen LogP contribution in [0.5, 0.6) is 11.6 Å². The van der Waals surface area contributed by atoms with Crippen LogP contribution in [0.1, 0.15) is 5.69 Å². The van der Waals surface area contributed by atoms with E-state index in [4.69, 9.17) is 10.2 Å². The molecule has 0 spiro atoms. The standard InChI is InChI=1S/C7H6F3NO3/c8-7(9,10)14-6-2-1-5(13)4(3-12)11-6/h1-2,12-13H,3H2. The number of nitrogens with zero attached hydrogens (tertiary/aromatic N) is 1. The van der Waals surface area contributed by atoms with Crippen molar-refractivity contribution in [1.29, 1.82) is 0 Å². The SMILES string of the molecule is OCc1nc(OC(F)(F)F)ccc1O. The second-order valence-corrected chi connectivity index (χ2v) is 2.32. The summed E-state index contributed by atoms with van der Waals surface area (Å²) >= 11 is 0. The summed E-state index contributed by atoms with van der Waals surface area (Å²) in [5.74, 6) is -1.11. The molecule has 0 aliphatic rings. The van der Waals surface area contributed by atoms with E-state index in [2.05, 4.69) is 9.72 Å². The predicted molar refractivity (Wildman–Crippen MR) is 38.5 cm³/mol. The summed E-state index contributed by atoms with van der Waals surface area (Å²) in [5, 5.41) is 17.6. The molecule has 0 saturated heterocycles. The van der Waals surface area contributed by atoms with Gasteiger partial charge in [0.25, 0.3) is 0 Å². The second-order valence-electron chi connectivity index (χ2n) is 2.32. The Morgan fingerprint density at radius 3 is 2.50 bits per heavy atom. The number of pyridine rings is 1. The molecular formula is C7H6F3NO3. The smallest absolute Gasteiger partial charge is 0.506 e. The summed E-state index contributed by atoms with van der Waals surface area (Å²) in [6.45, 7) is -0.666. The predicted octanol–water partition coefficient (Wildman–Crippen LogP) is 1.18. The van der Waals surface area contributed by atoms with Crippen molar-refractivity contribution in [2.75, 3.05) is 0 Å². The number of aromatic nitrogens is 1. The Kier molecular flexibility index (Phi) is 2.80. The Morgan fingerprint density at radius 1 is 1.36 bits per heavy atom. The first-order valence-corrected chi connectivity index (χ1v) is 3.48. The molecule has 0 saturated carbocycles. The number of aromatic hydroxyl groups is 1. The van der Waals surface area contributed by atoms with Crippen LogP contribution in [0.2, 0.25) is 0 Å². The van der Waals surface area contributed by atoms with E-state index in [1.807, 2.05) is 0 Å². The van der Waals surface area contributed by atoms with Crippen LogP contribution in [0, 0.1) is 0 Å². The lowest BCUT2D eigenvalue weighted by molar-refractivity contribution is -0.276. The van der Waals surface area contributed by atoms with Gasteiger partial charge in [-0.15, -0.1) is 13.2 Å². The van der Waals surface area contributed by atoms with Crippen molar-refractivity contribution in [3.8, 4) is 11.6 Å². The maximum atomic E-state index is 11.7. The van der Waals surface area contributed by atoms with E-state index in [0.717, 1.165) is 12.1 Å². The van der Waals surface area contributed by atoms with E-state index >= 15 is 0 Å². The fraction of sp³-hybridized carbons (Fsp3) is 0.286. The van der Waals surface area contributed by atoms with Gasteiger partial charge in [-0.1, -0.05) is 0 Å². The molecule has 7 heteroatoms. The molecule has 0 radical (unpaired) electrons. The maximum absolute atomic E-state index is 11.7. The first-order chi connectivity index (χ1) is 6.42. The van der Waals surface area contributed by atoms with E-state index in [9.17, 15) is 13.2 Å². The lowest BCUT2D eigenvalue weighted by Crippen LogP contribution is -2.18. The molecule has 0 aliphatic heterocycles. The van der Waals surface area contributed by atoms with Gasteiger partial charge in [0.1, 0.15) is 11.4 Å². The molecule has 78 valence electrons. The van der Waals surface area contributed by atoms with Gasteiger partial charge in [-0.3, -0.25) is 0 Å². The summed E-state index contributed by atoms with van der Waals surface area (Å²) < 4.78 is 38.5. The van der Waals surface area contributed by atoms with E-state index in [1.54, 1.807) is 0 Å². The van der Waals surface area contributed by atoms with E-state index in [1.165, 1.54) is 0 Å². The zero-order chi connectivity index (χ0) is 10.8. The van der Waals surface area contributed by atoms with Crippen LogP contribution in [0.25, 0.3) is 0 Å². The molecule has 0 atom stereocenters. The summed E-state index contributed by atoms with van der Waals surface area (Å²) in [7, 11) is 0. The highest BCUT2D eigenvalue weighted by atomic mass is 19.4. The zero-order valence-corrected chi connectivity index (χ0v) is 6.75. The Labute approximate surface area is 76.6 Å². The van der Waals surface area contributed by atoms with Crippen molar-refractivity contribution in [3.05, 3.63) is 17.8 Å². The summed E-state index contributed by atoms with van der Waals surface area (Å²) in [4.78, 5) is 3.23. The largest absolute Gasteiger partial charge is 0.574 e. The Morgan fingerprint density at radius 2 is 2.00 bits per heavy atom. The molecule has 0 aliphatic carbocycles. The summed E-state index contributed by atoms with van der Waals surface area (Å²) in [6.07, 6.45) is -4.84. The van der Waals surface area contributed by atoms with Gasteiger partial charge < -0.3 is 14.9 Å². The van der Waals surface area contributed by atoms with Crippen LogP contribution in [-0.4, -0.2) is 21.6 Å². The Bertz CT molecular complexity index is 326. The second kappa shape index (κ2) is 3.70. The highest BCUT2D eigenvalue weighted by molar-refractivity contribution is 5.29. The average Bonchev–Trinajstić information content (AvgIpc) is 2.06. The normalized spacial score (nSPS) is 11.4. The third kappa shape index (κ3) is 2.77. The minimum atomic E-state index is -4.84. The van der Waals surface area contributed by atoms with Crippen LogP contribution < -0.4 is 4.74 Å². The molecule has 1 aromatic heterocycles. The molecule has 0 bridgehead atoms. The van der Waals surface area contributed by atoms with Gasteiger partial charge in [0.05, 0.1) is 6.61 Å². The molecular weight excluding hydrogens is 203 g/mol. The van der Waals surface area contributed by atoms with Gasteiger partial charge in [0.2, 0.25) is 5.88 Å². The lowest BCUT2D eigenvalue weighted by Gasteiger charge is -2.08. The Hall–Kier alpha value is -1.50. The summed E-state index contributed by atoms with van der Waals surface area (Å²) in [6, 6.07) is 1.81. The van der Waals surface area contributed by atoms with Crippen LogP contribution in [0.15, 0.2) is 12.1 Å². The molecule has 1 heterocycles. The zero-order valence-electron chi connectivity index (χ0n) is 6.75. The van der Waals surface area contributed by atoms with Crippen molar-refractivity contribution in [2.45, 2.75) is 13.0 Å². The van der Waals surface area contributed by atoms with Crippen LogP contribution in [-0.2, 0) is 6.61 Å². The fourth-order valence-corrected chi connectivity index (χ4v) is 0.766. The maximum Gasteiger partial charge on any atom is 0.574 e. The minimum absolute atomic E-state index is 0.272. The molecule has 0 aromatic carbocycles. The van der Waals surface area contributed by atoms with Gasteiger partial charge >= 0.3 is 6.36 Å². The van der Waals surface area contributed by atoms with E-state index in [-0.39, 0.29) is 11.4 Å². The molecule has 0 amide bonds. The van der Waals surface area contributed by atoms with Gasteiger partial charge in [0, 0.05) is 6.07 Å². The molecule has 0 unspecified atom stereocenters. The van der Waals surface area contributed by atoms with Crippen LogP contribution in [0.3, 0.4) is 0 Å². The number of rotatable bonds is 2. The van der Waals surface area contributed by atoms with Crippen molar-refractivity contribution in [1.82, 2.24) is 4.98 Å². The van der Waals surface area contributed by atoms with Gasteiger partial charge in [-0.05, 0) is 6.07 Å².